The number of benzene rings is 2. The van der Waals surface area contributed by atoms with Crippen molar-refractivity contribution in [1.82, 2.24) is 5.43 Å². The lowest BCUT2D eigenvalue weighted by Gasteiger charge is -2.04. The van der Waals surface area contributed by atoms with Crippen LogP contribution >= 0.6 is 27.7 Å². The van der Waals surface area contributed by atoms with Crippen LogP contribution in [0, 0.1) is 0 Å². The molecule has 0 aromatic heterocycles. The molecule has 0 aliphatic carbocycles. The summed E-state index contributed by atoms with van der Waals surface area (Å²) in [4.78, 5) is 11.8. The zero-order valence-corrected chi connectivity index (χ0v) is 15.4. The van der Waals surface area contributed by atoms with E-state index in [1.165, 1.54) is 5.56 Å². The van der Waals surface area contributed by atoms with Gasteiger partial charge in [-0.15, -0.1) is 0 Å². The van der Waals surface area contributed by atoms with Gasteiger partial charge in [-0.05, 0) is 42.4 Å². The molecule has 3 nitrogen and oxygen atoms in total. The molecule has 2 aromatic carbocycles. The Kier molecular flexibility index (Phi) is 7.36. The predicted molar refractivity (Wildman–Crippen MR) is 102 cm³/mol. The van der Waals surface area contributed by atoms with Crippen LogP contribution in [0.15, 0.2) is 64.2 Å². The largest absolute Gasteiger partial charge is 0.272 e. The van der Waals surface area contributed by atoms with Crippen LogP contribution in [0.2, 0.25) is 0 Å². The van der Waals surface area contributed by atoms with Gasteiger partial charge >= 0.3 is 0 Å². The quantitative estimate of drug-likeness (QED) is 0.435. The summed E-state index contributed by atoms with van der Waals surface area (Å²) in [5, 5.41) is 4.16. The van der Waals surface area contributed by atoms with Gasteiger partial charge in [0, 0.05) is 4.47 Å². The predicted octanol–water partition coefficient (Wildman–Crippen LogP) is 4.27. The zero-order valence-electron chi connectivity index (χ0n) is 13.0. The van der Waals surface area contributed by atoms with Crippen molar-refractivity contribution in [2.24, 2.45) is 5.10 Å². The molecule has 1 N–H and O–H groups in total. The van der Waals surface area contributed by atoms with E-state index in [1.807, 2.05) is 49.4 Å². The van der Waals surface area contributed by atoms with Crippen molar-refractivity contribution >= 4 is 39.3 Å². The minimum Gasteiger partial charge on any atom is -0.272 e. The fourth-order valence-corrected chi connectivity index (χ4v) is 3.13. The minimum atomic E-state index is -0.0718. The Labute approximate surface area is 149 Å². The average Bonchev–Trinajstić information content (AvgIpc) is 2.57. The number of carbonyl (C=O) groups excluding carboxylic acids is 1. The number of hydrogen-bond donors (Lipinski definition) is 1. The first-order valence-electron chi connectivity index (χ1n) is 7.36. The van der Waals surface area contributed by atoms with Crippen LogP contribution in [0.1, 0.15) is 18.1 Å². The third-order valence-corrected chi connectivity index (χ3v) is 4.65. The van der Waals surface area contributed by atoms with Crippen LogP contribution in [-0.4, -0.2) is 23.1 Å². The summed E-state index contributed by atoms with van der Waals surface area (Å²) in [5.41, 5.74) is 5.68. The number of amides is 1. The Morgan fingerprint density at radius 2 is 1.96 bits per heavy atom. The highest BCUT2D eigenvalue weighted by atomic mass is 79.9. The standard InChI is InChI=1S/C18H19BrN2OS/c1-14(16-8-5-9-17(19)12-16)20-21-18(22)13-23-11-10-15-6-3-2-4-7-15/h2-9,12H,10-11,13H2,1H3,(H,21,22)/b20-14-. The van der Waals surface area contributed by atoms with Crippen LogP contribution in [-0.2, 0) is 11.2 Å². The van der Waals surface area contributed by atoms with E-state index in [-0.39, 0.29) is 5.91 Å². The SMILES string of the molecule is C/C(=N/NC(=O)CSCCc1ccccc1)c1cccc(Br)c1. The first kappa shape index (κ1) is 17.8. The number of thioether (sulfide) groups is 1. The number of rotatable bonds is 7. The first-order valence-corrected chi connectivity index (χ1v) is 9.30. The molecule has 23 heavy (non-hydrogen) atoms. The van der Waals surface area contributed by atoms with E-state index < -0.39 is 0 Å². The van der Waals surface area contributed by atoms with Crippen molar-refractivity contribution in [3.8, 4) is 0 Å². The summed E-state index contributed by atoms with van der Waals surface area (Å²) in [7, 11) is 0. The second-order valence-electron chi connectivity index (χ2n) is 5.03. The van der Waals surface area contributed by atoms with Crippen molar-refractivity contribution in [3.05, 3.63) is 70.2 Å². The molecule has 0 spiro atoms. The van der Waals surface area contributed by atoms with E-state index in [4.69, 9.17) is 0 Å². The highest BCUT2D eigenvalue weighted by Gasteiger charge is 2.02. The molecule has 2 aromatic rings. The molecular weight excluding hydrogens is 372 g/mol. The van der Waals surface area contributed by atoms with Gasteiger partial charge in [-0.2, -0.15) is 16.9 Å². The number of halogens is 1. The molecule has 0 atom stereocenters. The molecule has 0 aliphatic rings. The summed E-state index contributed by atoms with van der Waals surface area (Å²) in [6.07, 6.45) is 0.971. The van der Waals surface area contributed by atoms with Gasteiger partial charge in [0.2, 0.25) is 5.91 Å². The first-order chi connectivity index (χ1) is 11.1. The summed E-state index contributed by atoms with van der Waals surface area (Å²) in [6.45, 7) is 1.88. The maximum absolute atomic E-state index is 11.8. The number of nitrogens with one attached hydrogen (secondary N) is 1. The van der Waals surface area contributed by atoms with Gasteiger partial charge in [0.05, 0.1) is 11.5 Å². The lowest BCUT2D eigenvalue weighted by atomic mass is 10.1. The maximum atomic E-state index is 11.8. The zero-order chi connectivity index (χ0) is 16.5. The molecule has 0 saturated heterocycles. The summed E-state index contributed by atoms with van der Waals surface area (Å²) in [5.74, 6) is 1.27. The molecule has 2 rings (SSSR count). The van der Waals surface area contributed by atoms with Crippen LogP contribution < -0.4 is 5.43 Å². The summed E-state index contributed by atoms with van der Waals surface area (Å²) in [6, 6.07) is 18.1. The molecule has 5 heteroatoms. The van der Waals surface area contributed by atoms with Crippen LogP contribution in [0.25, 0.3) is 0 Å². The molecule has 0 bridgehead atoms. The lowest BCUT2D eigenvalue weighted by molar-refractivity contribution is -0.118. The number of hydrogen-bond acceptors (Lipinski definition) is 3. The van der Waals surface area contributed by atoms with E-state index in [9.17, 15) is 4.79 Å². The number of nitrogens with zero attached hydrogens (tertiary/aromatic N) is 1. The van der Waals surface area contributed by atoms with E-state index >= 15 is 0 Å². The van der Waals surface area contributed by atoms with Gasteiger partial charge in [-0.1, -0.05) is 58.4 Å². The fraction of sp³-hybridized carbons (Fsp3) is 0.222. The van der Waals surface area contributed by atoms with E-state index in [0.29, 0.717) is 5.75 Å². The molecule has 0 saturated carbocycles. The average molecular weight is 391 g/mol. The third-order valence-electron chi connectivity index (χ3n) is 3.20. The van der Waals surface area contributed by atoms with E-state index in [2.05, 4.69) is 38.6 Å². The maximum Gasteiger partial charge on any atom is 0.250 e. The Morgan fingerprint density at radius 1 is 1.17 bits per heavy atom. The molecule has 0 fully saturated rings. The van der Waals surface area contributed by atoms with Crippen molar-refractivity contribution in [1.29, 1.82) is 0 Å². The van der Waals surface area contributed by atoms with Crippen molar-refractivity contribution in [2.45, 2.75) is 13.3 Å². The van der Waals surface area contributed by atoms with Crippen molar-refractivity contribution in [3.63, 3.8) is 0 Å². The van der Waals surface area contributed by atoms with Gasteiger partial charge < -0.3 is 0 Å². The van der Waals surface area contributed by atoms with Gasteiger partial charge in [0.25, 0.3) is 0 Å². The summed E-state index contributed by atoms with van der Waals surface area (Å²) >= 11 is 5.04. The van der Waals surface area contributed by atoms with E-state index in [0.717, 1.165) is 27.9 Å². The van der Waals surface area contributed by atoms with Gasteiger partial charge in [-0.3, -0.25) is 4.79 Å². The molecule has 120 valence electrons. The molecule has 0 unspecified atom stereocenters. The molecular formula is C18H19BrN2OS. The fourth-order valence-electron chi connectivity index (χ4n) is 1.96. The van der Waals surface area contributed by atoms with Gasteiger partial charge in [0.15, 0.2) is 0 Å². The Morgan fingerprint density at radius 3 is 2.70 bits per heavy atom. The van der Waals surface area contributed by atoms with Crippen molar-refractivity contribution in [2.75, 3.05) is 11.5 Å². The lowest BCUT2D eigenvalue weighted by Crippen LogP contribution is -2.21. The number of hydrazone groups is 1. The topological polar surface area (TPSA) is 41.5 Å². The Balaban J connectivity index is 1.71. The number of aryl methyl sites for hydroxylation is 1. The Hall–Kier alpha value is -1.59. The Bertz CT molecular complexity index is 674. The van der Waals surface area contributed by atoms with Crippen molar-refractivity contribution < 1.29 is 4.79 Å². The highest BCUT2D eigenvalue weighted by molar-refractivity contribution is 9.10. The monoisotopic (exact) mass is 390 g/mol. The molecule has 0 radical (unpaired) electrons. The summed E-state index contributed by atoms with van der Waals surface area (Å²) < 4.78 is 0.993. The van der Waals surface area contributed by atoms with Gasteiger partial charge in [0.1, 0.15) is 0 Å². The third kappa shape index (κ3) is 6.59. The minimum absolute atomic E-state index is 0.0718. The second kappa shape index (κ2) is 9.53. The number of carbonyl (C=O) groups is 1. The second-order valence-corrected chi connectivity index (χ2v) is 7.05. The normalized spacial score (nSPS) is 11.3. The van der Waals surface area contributed by atoms with E-state index in [1.54, 1.807) is 11.8 Å². The van der Waals surface area contributed by atoms with Crippen LogP contribution in [0.5, 0.6) is 0 Å². The molecule has 0 heterocycles. The van der Waals surface area contributed by atoms with Crippen LogP contribution in [0.4, 0.5) is 0 Å². The smallest absolute Gasteiger partial charge is 0.250 e. The van der Waals surface area contributed by atoms with Crippen LogP contribution in [0.3, 0.4) is 0 Å². The highest BCUT2D eigenvalue weighted by Crippen LogP contribution is 2.12. The molecule has 1 amide bonds. The van der Waals surface area contributed by atoms with Gasteiger partial charge in [-0.25, -0.2) is 5.43 Å². The molecule has 0 aliphatic heterocycles.